The highest BCUT2D eigenvalue weighted by atomic mass is 35.5. The van der Waals surface area contributed by atoms with E-state index >= 15 is 0 Å². The number of carbonyl (C=O) groups is 1. The normalized spacial score (nSPS) is 12.6. The smallest absolute Gasteiger partial charge is 0.280 e. The van der Waals surface area contributed by atoms with Gasteiger partial charge in [-0.3, -0.25) is 4.79 Å². The van der Waals surface area contributed by atoms with Crippen LogP contribution in [0.3, 0.4) is 0 Å². The van der Waals surface area contributed by atoms with Crippen molar-refractivity contribution in [1.82, 2.24) is 5.16 Å². The Morgan fingerprint density at radius 1 is 1.30 bits per heavy atom. The number of fused-ring (bicyclic) bond motifs is 3. The Morgan fingerprint density at radius 3 is 2.96 bits per heavy atom. The summed E-state index contributed by atoms with van der Waals surface area (Å²) in [6.07, 6.45) is 1.68. The maximum Gasteiger partial charge on any atom is 0.280 e. The van der Waals surface area contributed by atoms with Gasteiger partial charge >= 0.3 is 0 Å². The molecule has 0 unspecified atom stereocenters. The van der Waals surface area contributed by atoms with Crippen LogP contribution in [-0.4, -0.2) is 18.1 Å². The Bertz CT molecular complexity index is 900. The van der Waals surface area contributed by atoms with E-state index < -0.39 is 0 Å². The van der Waals surface area contributed by atoms with Gasteiger partial charge in [0.1, 0.15) is 0 Å². The monoisotopic (exact) mass is 344 g/mol. The predicted molar refractivity (Wildman–Crippen MR) is 91.4 cm³/mol. The van der Waals surface area contributed by atoms with Gasteiger partial charge in [0.25, 0.3) is 5.91 Å². The lowest BCUT2D eigenvalue weighted by Gasteiger charge is -2.18. The minimum atomic E-state index is -0.207. The first-order valence-electron chi connectivity index (χ1n) is 7.24. The van der Waals surface area contributed by atoms with Crippen LogP contribution >= 0.6 is 22.9 Å². The maximum absolute atomic E-state index is 12.8. The molecule has 0 spiro atoms. The van der Waals surface area contributed by atoms with Gasteiger partial charge in [0, 0.05) is 23.1 Å². The average Bonchev–Trinajstić information content (AvgIpc) is 3.19. The number of rotatable bonds is 2. The minimum Gasteiger partial charge on any atom is -0.355 e. The van der Waals surface area contributed by atoms with E-state index in [4.69, 9.17) is 16.1 Å². The van der Waals surface area contributed by atoms with E-state index in [9.17, 15) is 4.79 Å². The van der Waals surface area contributed by atoms with Crippen molar-refractivity contribution >= 4 is 34.5 Å². The maximum atomic E-state index is 12.8. The third-order valence-electron chi connectivity index (χ3n) is 4.10. The number of anilines is 1. The van der Waals surface area contributed by atoms with Gasteiger partial charge in [0.2, 0.25) is 0 Å². The van der Waals surface area contributed by atoms with E-state index in [1.807, 2.05) is 29.6 Å². The Kier molecular flexibility index (Phi) is 3.47. The molecule has 0 bridgehead atoms. The van der Waals surface area contributed by atoms with Gasteiger partial charge < -0.3 is 9.42 Å². The lowest BCUT2D eigenvalue weighted by molar-refractivity contribution is 0.0983. The van der Waals surface area contributed by atoms with E-state index in [2.05, 4.69) is 5.16 Å². The van der Waals surface area contributed by atoms with Crippen LogP contribution in [0, 0.1) is 0 Å². The second kappa shape index (κ2) is 5.51. The molecule has 0 aliphatic heterocycles. The molecule has 0 N–H and O–H groups in total. The number of carbonyl (C=O) groups excluding carboxylic acids is 1. The lowest BCUT2D eigenvalue weighted by Crippen LogP contribution is -2.28. The molecule has 23 heavy (non-hydrogen) atoms. The van der Waals surface area contributed by atoms with Crippen LogP contribution < -0.4 is 4.90 Å². The minimum absolute atomic E-state index is 0.207. The van der Waals surface area contributed by atoms with Crippen molar-refractivity contribution in [2.24, 2.45) is 0 Å². The van der Waals surface area contributed by atoms with Crippen LogP contribution in [-0.2, 0) is 12.8 Å². The van der Waals surface area contributed by atoms with E-state index in [1.54, 1.807) is 24.5 Å². The number of aromatic nitrogens is 1. The molecule has 3 aromatic rings. The van der Waals surface area contributed by atoms with Gasteiger partial charge in [0.15, 0.2) is 11.5 Å². The van der Waals surface area contributed by atoms with Crippen LogP contribution in [0.4, 0.5) is 5.69 Å². The molecule has 4 nitrogen and oxygen atoms in total. The summed E-state index contributed by atoms with van der Waals surface area (Å²) in [7, 11) is 1.70. The van der Waals surface area contributed by atoms with Crippen molar-refractivity contribution < 1.29 is 9.32 Å². The zero-order valence-electron chi connectivity index (χ0n) is 12.4. The van der Waals surface area contributed by atoms with Crippen LogP contribution in [0.25, 0.3) is 11.3 Å². The number of hydrogen-bond donors (Lipinski definition) is 0. The Balaban J connectivity index is 1.73. The fraction of sp³-hybridized carbons (Fsp3) is 0.176. The number of benzene rings is 1. The van der Waals surface area contributed by atoms with Crippen molar-refractivity contribution in [2.45, 2.75) is 12.8 Å². The van der Waals surface area contributed by atoms with Gasteiger partial charge in [-0.1, -0.05) is 28.9 Å². The quantitative estimate of drug-likeness (QED) is 0.690. The molecule has 1 aromatic carbocycles. The molecule has 2 heterocycles. The highest BCUT2D eigenvalue weighted by Gasteiger charge is 2.30. The van der Waals surface area contributed by atoms with Gasteiger partial charge in [-0.25, -0.2) is 0 Å². The second-order valence-corrected chi connectivity index (χ2v) is 6.82. The van der Waals surface area contributed by atoms with E-state index in [0.717, 1.165) is 29.7 Å². The standard InChI is InChI=1S/C17H13ClN2O2S/c1-20(13-5-3-2-4-12(13)18)17(21)15-11-6-7-14-10(8-9-23-14)16(11)22-19-15/h2-5,8-9H,6-7H2,1H3. The number of thiophene rings is 1. The number of hydrogen-bond acceptors (Lipinski definition) is 4. The summed E-state index contributed by atoms with van der Waals surface area (Å²) in [5.74, 6) is 0.519. The average molecular weight is 345 g/mol. The number of aryl methyl sites for hydroxylation is 1. The van der Waals surface area contributed by atoms with Gasteiger partial charge in [-0.2, -0.15) is 0 Å². The van der Waals surface area contributed by atoms with E-state index in [1.165, 1.54) is 9.78 Å². The largest absolute Gasteiger partial charge is 0.355 e. The molecule has 6 heteroatoms. The van der Waals surface area contributed by atoms with Gasteiger partial charge in [0.05, 0.1) is 10.7 Å². The Hall–Kier alpha value is -2.11. The zero-order chi connectivity index (χ0) is 16.0. The number of amides is 1. The molecule has 0 fully saturated rings. The number of para-hydroxylation sites is 1. The summed E-state index contributed by atoms with van der Waals surface area (Å²) in [6.45, 7) is 0. The molecular formula is C17H13ClN2O2S. The summed E-state index contributed by atoms with van der Waals surface area (Å²) < 4.78 is 5.49. The summed E-state index contributed by atoms with van der Waals surface area (Å²) in [4.78, 5) is 15.6. The molecule has 4 rings (SSSR count). The third-order valence-corrected chi connectivity index (χ3v) is 5.40. The first-order chi connectivity index (χ1) is 11.2. The molecule has 0 saturated heterocycles. The number of nitrogens with zero attached hydrogens (tertiary/aromatic N) is 2. The molecule has 0 saturated carbocycles. The first kappa shape index (κ1) is 14.5. The molecule has 2 aromatic heterocycles. The molecule has 116 valence electrons. The Morgan fingerprint density at radius 2 is 2.13 bits per heavy atom. The van der Waals surface area contributed by atoms with Crippen molar-refractivity contribution in [2.75, 3.05) is 11.9 Å². The van der Waals surface area contributed by atoms with Crippen molar-refractivity contribution in [3.63, 3.8) is 0 Å². The summed E-state index contributed by atoms with van der Waals surface area (Å²) in [6, 6.07) is 9.27. The highest BCUT2D eigenvalue weighted by molar-refractivity contribution is 7.10. The highest BCUT2D eigenvalue weighted by Crippen LogP contribution is 2.38. The fourth-order valence-electron chi connectivity index (χ4n) is 2.89. The molecule has 0 atom stereocenters. The van der Waals surface area contributed by atoms with E-state index in [-0.39, 0.29) is 5.91 Å². The van der Waals surface area contributed by atoms with Crippen LogP contribution in [0.1, 0.15) is 20.9 Å². The summed E-state index contributed by atoms with van der Waals surface area (Å²) in [5.41, 5.74) is 2.98. The predicted octanol–water partition coefficient (Wildman–Crippen LogP) is 4.43. The van der Waals surface area contributed by atoms with Crippen LogP contribution in [0.5, 0.6) is 0 Å². The summed E-state index contributed by atoms with van der Waals surface area (Å²) >= 11 is 7.90. The third kappa shape index (κ3) is 2.28. The fourth-order valence-corrected chi connectivity index (χ4v) is 4.03. The summed E-state index contributed by atoms with van der Waals surface area (Å²) in [5, 5.41) is 6.62. The second-order valence-electron chi connectivity index (χ2n) is 5.41. The topological polar surface area (TPSA) is 46.3 Å². The molecular weight excluding hydrogens is 332 g/mol. The molecule has 1 aliphatic rings. The van der Waals surface area contributed by atoms with Gasteiger partial charge in [-0.15, -0.1) is 11.3 Å². The van der Waals surface area contributed by atoms with Crippen LogP contribution in [0.15, 0.2) is 40.2 Å². The number of halogens is 1. The van der Waals surface area contributed by atoms with Crippen LogP contribution in [0.2, 0.25) is 5.02 Å². The lowest BCUT2D eigenvalue weighted by atomic mass is 9.95. The van der Waals surface area contributed by atoms with Crippen molar-refractivity contribution in [1.29, 1.82) is 0 Å². The molecule has 1 aliphatic carbocycles. The SMILES string of the molecule is CN(C(=O)c1noc2c1CCc1sccc1-2)c1ccccc1Cl. The Labute approximate surface area is 142 Å². The van der Waals surface area contributed by atoms with Crippen molar-refractivity contribution in [3.05, 3.63) is 56.9 Å². The molecule has 1 amide bonds. The van der Waals surface area contributed by atoms with Crippen molar-refractivity contribution in [3.8, 4) is 11.3 Å². The first-order valence-corrected chi connectivity index (χ1v) is 8.50. The molecule has 0 radical (unpaired) electrons. The zero-order valence-corrected chi connectivity index (χ0v) is 13.9. The van der Waals surface area contributed by atoms with Gasteiger partial charge in [-0.05, 0) is 36.4 Å². The van der Waals surface area contributed by atoms with E-state index in [0.29, 0.717) is 16.4 Å².